The highest BCUT2D eigenvalue weighted by Gasteiger charge is 2.61. The maximum atomic E-state index is 13.4. The molecule has 5 rings (SSSR count). The van der Waals surface area contributed by atoms with Gasteiger partial charge >= 0.3 is 0 Å². The van der Waals surface area contributed by atoms with Crippen LogP contribution in [0.2, 0.25) is 0 Å². The van der Waals surface area contributed by atoms with E-state index in [2.05, 4.69) is 18.8 Å². The molecule has 4 aliphatic carbocycles. The third kappa shape index (κ3) is 3.43. The Balaban J connectivity index is 1.32. The number of rotatable bonds is 5. The molecule has 0 radical (unpaired) electrons. The average molecular weight is 427 g/mol. The Kier molecular flexibility index (Phi) is 5.60. The number of aromatic nitrogens is 2. The first kappa shape index (κ1) is 21.7. The second kappa shape index (κ2) is 8.01. The van der Waals surface area contributed by atoms with Crippen LogP contribution in [0, 0.1) is 53.3 Å². The number of carbonyl (C=O) groups is 1. The molecule has 4 heteroatoms. The van der Waals surface area contributed by atoms with E-state index in [-0.39, 0.29) is 11.3 Å². The number of hydrogen-bond donors (Lipinski definition) is 0. The molecule has 4 saturated carbocycles. The number of nitrogens with zero attached hydrogens (tertiary/aromatic N) is 2. The SMILES string of the molecule is COCC1CCC2(C)C(CCC3C2CCC2(C)C(C(=O)Cn4ccnc4C)CCC32)C1. The normalized spacial score (nSPS) is 44.4. The molecular weight excluding hydrogens is 384 g/mol. The second-order valence-corrected chi connectivity index (χ2v) is 12.0. The van der Waals surface area contributed by atoms with Crippen LogP contribution in [0.4, 0.5) is 0 Å². The van der Waals surface area contributed by atoms with E-state index < -0.39 is 0 Å². The summed E-state index contributed by atoms with van der Waals surface area (Å²) in [6, 6.07) is 0. The van der Waals surface area contributed by atoms with Crippen LogP contribution in [0.25, 0.3) is 0 Å². The van der Waals surface area contributed by atoms with Crippen LogP contribution in [0.1, 0.15) is 77.5 Å². The van der Waals surface area contributed by atoms with Crippen LogP contribution in [0.15, 0.2) is 12.4 Å². The van der Waals surface area contributed by atoms with E-state index in [1.54, 1.807) is 0 Å². The summed E-state index contributed by atoms with van der Waals surface area (Å²) < 4.78 is 7.55. The van der Waals surface area contributed by atoms with Crippen molar-refractivity contribution in [3.05, 3.63) is 18.2 Å². The van der Waals surface area contributed by atoms with E-state index >= 15 is 0 Å². The number of hydrogen-bond acceptors (Lipinski definition) is 3. The molecule has 172 valence electrons. The number of aryl methyl sites for hydroxylation is 1. The first-order valence-electron chi connectivity index (χ1n) is 12.9. The van der Waals surface area contributed by atoms with Gasteiger partial charge in [-0.3, -0.25) is 4.79 Å². The number of ketones is 1. The van der Waals surface area contributed by atoms with Crippen molar-refractivity contribution in [2.24, 2.45) is 46.3 Å². The minimum atomic E-state index is 0.211. The minimum absolute atomic E-state index is 0.211. The maximum Gasteiger partial charge on any atom is 0.156 e. The number of imidazole rings is 1. The summed E-state index contributed by atoms with van der Waals surface area (Å²) in [5, 5.41) is 0. The molecule has 1 heterocycles. The van der Waals surface area contributed by atoms with E-state index in [0.29, 0.717) is 17.7 Å². The van der Waals surface area contributed by atoms with Crippen molar-refractivity contribution in [1.82, 2.24) is 9.55 Å². The largest absolute Gasteiger partial charge is 0.384 e. The number of ether oxygens (including phenoxy) is 1. The standard InChI is InChI=1S/C27H42N2O2/c1-18-28-13-14-29(18)16-25(30)24-8-7-22-21-6-5-20-15-19(17-31-4)9-11-26(20,2)23(21)10-12-27(22,24)3/h13-14,19-24H,5-12,15-17H2,1-4H3. The van der Waals surface area contributed by atoms with Gasteiger partial charge in [0.1, 0.15) is 5.82 Å². The monoisotopic (exact) mass is 426 g/mol. The average Bonchev–Trinajstić information content (AvgIpc) is 3.31. The molecule has 0 aliphatic heterocycles. The highest BCUT2D eigenvalue weighted by Crippen LogP contribution is 2.67. The number of Topliss-reactive ketones (excluding diaryl/α,β-unsaturated/α-hetero) is 1. The summed E-state index contributed by atoms with van der Waals surface area (Å²) in [5.74, 6) is 5.76. The van der Waals surface area contributed by atoms with Gasteiger partial charge in [-0.15, -0.1) is 0 Å². The molecule has 4 fully saturated rings. The lowest BCUT2D eigenvalue weighted by atomic mass is 9.44. The fourth-order valence-corrected chi connectivity index (χ4v) is 9.11. The lowest BCUT2D eigenvalue weighted by Crippen LogP contribution is -2.54. The summed E-state index contributed by atoms with van der Waals surface area (Å²) in [5.41, 5.74) is 0.730. The van der Waals surface area contributed by atoms with Gasteiger partial charge in [-0.25, -0.2) is 4.98 Å². The van der Waals surface area contributed by atoms with Crippen LogP contribution < -0.4 is 0 Å². The van der Waals surface area contributed by atoms with E-state index in [1.165, 1.54) is 51.4 Å². The van der Waals surface area contributed by atoms with E-state index in [4.69, 9.17) is 4.74 Å². The third-order valence-electron chi connectivity index (χ3n) is 10.8. The zero-order valence-corrected chi connectivity index (χ0v) is 20.1. The van der Waals surface area contributed by atoms with Gasteiger partial charge in [0.2, 0.25) is 0 Å². The molecule has 0 amide bonds. The molecule has 0 bridgehead atoms. The molecule has 8 atom stereocenters. The van der Waals surface area contributed by atoms with Gasteiger partial charge in [-0.05, 0) is 105 Å². The molecule has 1 aromatic rings. The summed E-state index contributed by atoms with van der Waals surface area (Å²) in [7, 11) is 1.86. The van der Waals surface area contributed by atoms with E-state index in [9.17, 15) is 4.79 Å². The first-order valence-corrected chi connectivity index (χ1v) is 12.9. The summed E-state index contributed by atoms with van der Waals surface area (Å²) in [4.78, 5) is 17.7. The molecule has 0 spiro atoms. The summed E-state index contributed by atoms with van der Waals surface area (Å²) in [6.07, 6.45) is 15.6. The molecule has 0 N–H and O–H groups in total. The predicted molar refractivity (Wildman–Crippen MR) is 123 cm³/mol. The molecular formula is C27H42N2O2. The molecule has 1 aromatic heterocycles. The van der Waals surface area contributed by atoms with Crippen molar-refractivity contribution >= 4 is 5.78 Å². The topological polar surface area (TPSA) is 44.1 Å². The lowest BCUT2D eigenvalue weighted by Gasteiger charge is -2.61. The Labute approximate surface area is 188 Å². The number of carbonyl (C=O) groups excluding carboxylic acids is 1. The van der Waals surface area contributed by atoms with Gasteiger partial charge in [0, 0.05) is 32.0 Å². The van der Waals surface area contributed by atoms with E-state index in [1.807, 2.05) is 31.0 Å². The van der Waals surface area contributed by atoms with Crippen molar-refractivity contribution in [2.45, 2.75) is 85.1 Å². The molecule has 31 heavy (non-hydrogen) atoms. The zero-order valence-electron chi connectivity index (χ0n) is 20.1. The van der Waals surface area contributed by atoms with Crippen molar-refractivity contribution in [3.8, 4) is 0 Å². The highest BCUT2D eigenvalue weighted by atomic mass is 16.5. The highest BCUT2D eigenvalue weighted by molar-refractivity contribution is 5.82. The molecule has 0 aromatic carbocycles. The predicted octanol–water partition coefficient (Wildman–Crippen LogP) is 5.68. The fourth-order valence-electron chi connectivity index (χ4n) is 9.11. The Morgan fingerprint density at radius 3 is 2.61 bits per heavy atom. The Morgan fingerprint density at radius 1 is 1.10 bits per heavy atom. The van der Waals surface area contributed by atoms with Crippen molar-refractivity contribution < 1.29 is 9.53 Å². The van der Waals surface area contributed by atoms with Gasteiger partial charge in [0.25, 0.3) is 0 Å². The van der Waals surface area contributed by atoms with Crippen LogP contribution >= 0.6 is 0 Å². The minimum Gasteiger partial charge on any atom is -0.384 e. The van der Waals surface area contributed by atoms with Gasteiger partial charge in [-0.2, -0.15) is 0 Å². The van der Waals surface area contributed by atoms with Gasteiger partial charge in [-0.1, -0.05) is 13.8 Å². The third-order valence-corrected chi connectivity index (χ3v) is 10.8. The number of methoxy groups -OCH3 is 1. The summed E-state index contributed by atoms with van der Waals surface area (Å²) in [6.45, 7) is 8.57. The van der Waals surface area contributed by atoms with Crippen molar-refractivity contribution in [2.75, 3.05) is 13.7 Å². The van der Waals surface area contributed by atoms with Gasteiger partial charge < -0.3 is 9.30 Å². The zero-order chi connectivity index (χ0) is 21.8. The smallest absolute Gasteiger partial charge is 0.156 e. The van der Waals surface area contributed by atoms with Crippen molar-refractivity contribution in [1.29, 1.82) is 0 Å². The van der Waals surface area contributed by atoms with Gasteiger partial charge in [0.05, 0.1) is 6.54 Å². The number of fused-ring (bicyclic) bond motifs is 5. The van der Waals surface area contributed by atoms with Crippen LogP contribution in [0.3, 0.4) is 0 Å². The van der Waals surface area contributed by atoms with E-state index in [0.717, 1.165) is 48.4 Å². The van der Waals surface area contributed by atoms with Crippen LogP contribution in [0.5, 0.6) is 0 Å². The van der Waals surface area contributed by atoms with Crippen LogP contribution in [-0.4, -0.2) is 29.1 Å². The molecule has 4 aliphatic rings. The Hall–Kier alpha value is -1.16. The molecule has 8 unspecified atom stereocenters. The maximum absolute atomic E-state index is 13.4. The Morgan fingerprint density at radius 2 is 1.87 bits per heavy atom. The lowest BCUT2D eigenvalue weighted by molar-refractivity contribution is -0.138. The first-order chi connectivity index (χ1) is 14.9. The Bertz CT molecular complexity index is 818. The van der Waals surface area contributed by atoms with Gasteiger partial charge in [0.15, 0.2) is 5.78 Å². The molecule has 0 saturated heterocycles. The summed E-state index contributed by atoms with van der Waals surface area (Å²) >= 11 is 0. The quantitative estimate of drug-likeness (QED) is 0.608. The second-order valence-electron chi connectivity index (χ2n) is 12.0. The fraction of sp³-hybridized carbons (Fsp3) is 0.852. The van der Waals surface area contributed by atoms with Crippen LogP contribution in [-0.2, 0) is 16.1 Å². The van der Waals surface area contributed by atoms with Crippen molar-refractivity contribution in [3.63, 3.8) is 0 Å². The molecule has 4 nitrogen and oxygen atoms in total.